The number of nitrogens with two attached hydrogens (primary N) is 1. The lowest BCUT2D eigenvalue weighted by Crippen LogP contribution is -2.21. The van der Waals surface area contributed by atoms with Crippen molar-refractivity contribution < 1.29 is 5.21 Å². The lowest BCUT2D eigenvalue weighted by molar-refractivity contribution is 0.316. The third kappa shape index (κ3) is 5.31. The Kier molecular flexibility index (Phi) is 6.03. The minimum atomic E-state index is 0.250. The molecule has 0 aromatic carbocycles. The molecule has 0 saturated carbocycles. The Morgan fingerprint density at radius 2 is 2.35 bits per heavy atom. The molecule has 1 atom stereocenters. The normalized spacial score (nSPS) is 13.6. The molecule has 0 fully saturated rings. The van der Waals surface area contributed by atoms with Crippen molar-refractivity contribution in [2.75, 3.05) is 6.54 Å². The fraction of sp³-hybridized carbons (Fsp3) is 0.500. The molecule has 17 heavy (non-hydrogen) atoms. The largest absolute Gasteiger partial charge is 0.409 e. The van der Waals surface area contributed by atoms with Crippen molar-refractivity contribution in [2.45, 2.75) is 32.2 Å². The summed E-state index contributed by atoms with van der Waals surface area (Å²) in [5.41, 5.74) is 6.42. The van der Waals surface area contributed by atoms with Crippen molar-refractivity contribution in [1.29, 1.82) is 0 Å². The topological polar surface area (TPSA) is 83.5 Å². The molecule has 1 heterocycles. The quantitative estimate of drug-likeness (QED) is 0.221. The molecule has 0 amide bonds. The first-order valence-corrected chi connectivity index (χ1v) is 5.84. The van der Waals surface area contributed by atoms with E-state index in [4.69, 9.17) is 10.9 Å². The van der Waals surface area contributed by atoms with Gasteiger partial charge >= 0.3 is 0 Å². The Hall–Kier alpha value is -1.62. The first-order valence-electron chi connectivity index (χ1n) is 5.84. The van der Waals surface area contributed by atoms with Crippen LogP contribution in [0.4, 0.5) is 0 Å². The first-order chi connectivity index (χ1) is 8.24. The highest BCUT2D eigenvalue weighted by molar-refractivity contribution is 5.79. The van der Waals surface area contributed by atoms with Crippen LogP contribution in [-0.2, 0) is 0 Å². The SMILES string of the molecule is CC(NCCCCC(N)=NO)c1ccccn1. The van der Waals surface area contributed by atoms with Crippen LogP contribution < -0.4 is 11.1 Å². The number of nitrogens with zero attached hydrogens (tertiary/aromatic N) is 2. The van der Waals surface area contributed by atoms with Crippen LogP contribution >= 0.6 is 0 Å². The molecule has 4 N–H and O–H groups in total. The second kappa shape index (κ2) is 7.62. The van der Waals surface area contributed by atoms with E-state index in [2.05, 4.69) is 22.4 Å². The van der Waals surface area contributed by atoms with Crippen molar-refractivity contribution in [3.8, 4) is 0 Å². The average molecular weight is 236 g/mol. The summed E-state index contributed by atoms with van der Waals surface area (Å²) in [5.74, 6) is 0.294. The van der Waals surface area contributed by atoms with E-state index < -0.39 is 0 Å². The predicted octanol–water partition coefficient (Wildman–Crippen LogP) is 1.65. The maximum atomic E-state index is 8.37. The lowest BCUT2D eigenvalue weighted by Gasteiger charge is -2.12. The van der Waals surface area contributed by atoms with Gasteiger partial charge in [0.15, 0.2) is 0 Å². The monoisotopic (exact) mass is 236 g/mol. The summed E-state index contributed by atoms with van der Waals surface area (Å²) in [5, 5.41) is 14.7. The van der Waals surface area contributed by atoms with E-state index in [0.29, 0.717) is 12.3 Å². The standard InChI is InChI=1S/C12H20N4O/c1-10(11-6-2-4-9-15-11)14-8-5-3-7-12(13)16-17/h2,4,6,9-10,14,17H,3,5,7-8H2,1H3,(H2,13,16). The minimum Gasteiger partial charge on any atom is -0.409 e. The number of aromatic nitrogens is 1. The Morgan fingerprint density at radius 1 is 1.53 bits per heavy atom. The van der Waals surface area contributed by atoms with Gasteiger partial charge in [0.1, 0.15) is 5.84 Å². The van der Waals surface area contributed by atoms with Crippen LogP contribution in [0.3, 0.4) is 0 Å². The molecule has 0 aliphatic carbocycles. The highest BCUT2D eigenvalue weighted by atomic mass is 16.4. The Morgan fingerprint density at radius 3 is 3.00 bits per heavy atom. The molecule has 94 valence electrons. The van der Waals surface area contributed by atoms with E-state index in [0.717, 1.165) is 25.1 Å². The van der Waals surface area contributed by atoms with Gasteiger partial charge in [0.2, 0.25) is 0 Å². The molecule has 5 nitrogen and oxygen atoms in total. The fourth-order valence-corrected chi connectivity index (χ4v) is 1.54. The van der Waals surface area contributed by atoms with Gasteiger partial charge in [-0.3, -0.25) is 4.98 Å². The van der Waals surface area contributed by atoms with Gasteiger partial charge in [-0.25, -0.2) is 0 Å². The maximum absolute atomic E-state index is 8.37. The molecule has 0 saturated heterocycles. The Balaban J connectivity index is 2.15. The van der Waals surface area contributed by atoms with Crippen molar-refractivity contribution in [2.24, 2.45) is 10.9 Å². The number of unbranched alkanes of at least 4 members (excludes halogenated alkanes) is 1. The van der Waals surface area contributed by atoms with Crippen molar-refractivity contribution >= 4 is 5.84 Å². The van der Waals surface area contributed by atoms with Crippen LogP contribution in [0.25, 0.3) is 0 Å². The number of nitrogens with one attached hydrogen (secondary N) is 1. The van der Waals surface area contributed by atoms with Gasteiger partial charge in [0, 0.05) is 18.7 Å². The van der Waals surface area contributed by atoms with Gasteiger partial charge in [-0.05, 0) is 38.4 Å². The highest BCUT2D eigenvalue weighted by Gasteiger charge is 2.04. The molecular formula is C12H20N4O. The van der Waals surface area contributed by atoms with E-state index in [1.807, 2.05) is 18.2 Å². The van der Waals surface area contributed by atoms with E-state index in [1.165, 1.54) is 0 Å². The molecule has 5 heteroatoms. The zero-order valence-corrected chi connectivity index (χ0v) is 10.1. The van der Waals surface area contributed by atoms with Gasteiger partial charge in [-0.2, -0.15) is 0 Å². The molecular weight excluding hydrogens is 216 g/mol. The molecule has 0 bridgehead atoms. The second-order valence-electron chi connectivity index (χ2n) is 3.98. The summed E-state index contributed by atoms with van der Waals surface area (Å²) in [6.07, 6.45) is 4.34. The number of hydrogen-bond donors (Lipinski definition) is 3. The molecule has 0 radical (unpaired) electrons. The Labute approximate surface area is 102 Å². The predicted molar refractivity (Wildman–Crippen MR) is 67.9 cm³/mol. The molecule has 0 spiro atoms. The molecule has 1 aromatic rings. The number of oxime groups is 1. The van der Waals surface area contributed by atoms with Crippen LogP contribution in [0, 0.1) is 0 Å². The van der Waals surface area contributed by atoms with E-state index in [-0.39, 0.29) is 6.04 Å². The molecule has 0 aliphatic rings. The number of hydrogen-bond acceptors (Lipinski definition) is 4. The van der Waals surface area contributed by atoms with E-state index in [1.54, 1.807) is 6.20 Å². The third-order valence-electron chi connectivity index (χ3n) is 2.57. The van der Waals surface area contributed by atoms with Crippen molar-refractivity contribution in [3.63, 3.8) is 0 Å². The smallest absolute Gasteiger partial charge is 0.139 e. The van der Waals surface area contributed by atoms with Gasteiger partial charge < -0.3 is 16.3 Å². The van der Waals surface area contributed by atoms with Crippen LogP contribution in [0.1, 0.15) is 37.9 Å². The van der Waals surface area contributed by atoms with Gasteiger partial charge in [0.05, 0.1) is 5.69 Å². The molecule has 1 unspecified atom stereocenters. The number of pyridine rings is 1. The zero-order chi connectivity index (χ0) is 12.5. The summed E-state index contributed by atoms with van der Waals surface area (Å²) in [6.45, 7) is 2.99. The van der Waals surface area contributed by atoms with Crippen LogP contribution in [0.2, 0.25) is 0 Å². The third-order valence-corrected chi connectivity index (χ3v) is 2.57. The maximum Gasteiger partial charge on any atom is 0.139 e. The second-order valence-corrected chi connectivity index (χ2v) is 3.98. The van der Waals surface area contributed by atoms with Crippen LogP contribution in [0.5, 0.6) is 0 Å². The molecule has 0 aliphatic heterocycles. The zero-order valence-electron chi connectivity index (χ0n) is 10.1. The van der Waals surface area contributed by atoms with Gasteiger partial charge in [0.25, 0.3) is 0 Å². The van der Waals surface area contributed by atoms with E-state index >= 15 is 0 Å². The highest BCUT2D eigenvalue weighted by Crippen LogP contribution is 2.07. The Bertz CT molecular complexity index is 340. The summed E-state index contributed by atoms with van der Waals surface area (Å²) >= 11 is 0. The lowest BCUT2D eigenvalue weighted by atomic mass is 10.2. The van der Waals surface area contributed by atoms with Gasteiger partial charge in [-0.15, -0.1) is 0 Å². The van der Waals surface area contributed by atoms with Crippen LogP contribution in [0.15, 0.2) is 29.6 Å². The number of rotatable bonds is 7. The van der Waals surface area contributed by atoms with Crippen molar-refractivity contribution in [1.82, 2.24) is 10.3 Å². The van der Waals surface area contributed by atoms with E-state index in [9.17, 15) is 0 Å². The summed E-state index contributed by atoms with van der Waals surface area (Å²) in [4.78, 5) is 4.28. The fourth-order valence-electron chi connectivity index (χ4n) is 1.54. The molecule has 1 aromatic heterocycles. The van der Waals surface area contributed by atoms with Crippen molar-refractivity contribution in [3.05, 3.63) is 30.1 Å². The molecule has 1 rings (SSSR count). The average Bonchev–Trinajstić information content (AvgIpc) is 2.38. The minimum absolute atomic E-state index is 0.250. The van der Waals surface area contributed by atoms with Gasteiger partial charge in [-0.1, -0.05) is 11.2 Å². The summed E-state index contributed by atoms with van der Waals surface area (Å²) in [6, 6.07) is 6.15. The first kappa shape index (κ1) is 13.4. The summed E-state index contributed by atoms with van der Waals surface area (Å²) in [7, 11) is 0. The number of amidine groups is 1. The van der Waals surface area contributed by atoms with Crippen LogP contribution in [-0.4, -0.2) is 22.6 Å². The summed E-state index contributed by atoms with van der Waals surface area (Å²) < 4.78 is 0.